The average Bonchev–Trinajstić information content (AvgIpc) is 2.71. The van der Waals surface area contributed by atoms with Gasteiger partial charge in [-0.1, -0.05) is 36.4 Å². The van der Waals surface area contributed by atoms with Gasteiger partial charge in [-0.2, -0.15) is 0 Å². The van der Waals surface area contributed by atoms with E-state index < -0.39 is 23.4 Å². The molecule has 29 heavy (non-hydrogen) atoms. The highest BCUT2D eigenvalue weighted by Crippen LogP contribution is 2.25. The van der Waals surface area contributed by atoms with Crippen LogP contribution in [0, 0.1) is 17.0 Å². The van der Waals surface area contributed by atoms with Crippen molar-refractivity contribution in [3.05, 3.63) is 76.3 Å². The molecule has 0 aliphatic heterocycles. The van der Waals surface area contributed by atoms with E-state index in [1.807, 2.05) is 42.5 Å². The SMILES string of the molecule is Cc1ccc(NC(=O)COC(=O)CSc2ccc3ccccc3c2)c([N+](=O)[O-])c1. The van der Waals surface area contributed by atoms with E-state index in [0.29, 0.717) is 5.56 Å². The molecule has 8 heteroatoms. The Bertz CT molecular complexity index is 1080. The van der Waals surface area contributed by atoms with Crippen molar-refractivity contribution in [2.45, 2.75) is 11.8 Å². The summed E-state index contributed by atoms with van der Waals surface area (Å²) < 4.78 is 4.97. The number of anilines is 1. The molecule has 148 valence electrons. The van der Waals surface area contributed by atoms with Gasteiger partial charge in [0.05, 0.1) is 10.7 Å². The third-order valence-corrected chi connectivity index (χ3v) is 5.03. The first kappa shape index (κ1) is 20.3. The number of thioether (sulfide) groups is 1. The molecule has 7 nitrogen and oxygen atoms in total. The predicted octanol–water partition coefficient (Wildman–Crippen LogP) is 4.33. The number of amides is 1. The van der Waals surface area contributed by atoms with Crippen molar-refractivity contribution >= 4 is 45.8 Å². The molecule has 0 aliphatic carbocycles. The van der Waals surface area contributed by atoms with Crippen LogP contribution in [0.15, 0.2) is 65.6 Å². The normalized spacial score (nSPS) is 10.5. The lowest BCUT2D eigenvalue weighted by atomic mass is 10.1. The Morgan fingerprint density at radius 3 is 2.59 bits per heavy atom. The first-order valence-corrected chi connectivity index (χ1v) is 9.73. The molecule has 3 aromatic carbocycles. The van der Waals surface area contributed by atoms with E-state index in [1.54, 1.807) is 13.0 Å². The third-order valence-electron chi connectivity index (χ3n) is 4.07. The molecule has 3 rings (SSSR count). The van der Waals surface area contributed by atoms with Gasteiger partial charge in [0, 0.05) is 11.0 Å². The van der Waals surface area contributed by atoms with Gasteiger partial charge >= 0.3 is 5.97 Å². The molecule has 0 atom stereocenters. The van der Waals surface area contributed by atoms with E-state index in [2.05, 4.69) is 5.32 Å². The zero-order valence-electron chi connectivity index (χ0n) is 15.6. The summed E-state index contributed by atoms with van der Waals surface area (Å²) in [7, 11) is 0. The number of nitrogens with zero attached hydrogens (tertiary/aromatic N) is 1. The monoisotopic (exact) mass is 410 g/mol. The number of nitro benzene ring substituents is 1. The predicted molar refractivity (Wildman–Crippen MR) is 112 cm³/mol. The maximum Gasteiger partial charge on any atom is 0.316 e. The van der Waals surface area contributed by atoms with E-state index in [1.165, 1.54) is 23.9 Å². The number of nitro groups is 1. The van der Waals surface area contributed by atoms with E-state index >= 15 is 0 Å². The number of hydrogen-bond acceptors (Lipinski definition) is 6. The second-order valence-corrected chi connectivity index (χ2v) is 7.33. The number of ether oxygens (including phenoxy) is 1. The Balaban J connectivity index is 1.50. The minimum Gasteiger partial charge on any atom is -0.455 e. The van der Waals surface area contributed by atoms with Crippen LogP contribution in [0.5, 0.6) is 0 Å². The van der Waals surface area contributed by atoms with Crippen LogP contribution in [-0.2, 0) is 14.3 Å². The number of nitrogens with one attached hydrogen (secondary N) is 1. The molecule has 0 bridgehead atoms. The van der Waals surface area contributed by atoms with Crippen LogP contribution in [-0.4, -0.2) is 29.2 Å². The lowest BCUT2D eigenvalue weighted by Crippen LogP contribution is -2.22. The van der Waals surface area contributed by atoms with Crippen molar-refractivity contribution < 1.29 is 19.2 Å². The molecule has 3 aromatic rings. The molecule has 0 fully saturated rings. The van der Waals surface area contributed by atoms with Crippen molar-refractivity contribution in [1.29, 1.82) is 0 Å². The number of fused-ring (bicyclic) bond motifs is 1. The van der Waals surface area contributed by atoms with Gasteiger partial charge in [0.15, 0.2) is 6.61 Å². The van der Waals surface area contributed by atoms with E-state index in [9.17, 15) is 19.7 Å². The minimum absolute atomic E-state index is 0.0519. The lowest BCUT2D eigenvalue weighted by Gasteiger charge is -2.08. The van der Waals surface area contributed by atoms with Crippen LogP contribution >= 0.6 is 11.8 Å². The van der Waals surface area contributed by atoms with Gasteiger partial charge in [-0.15, -0.1) is 11.8 Å². The van der Waals surface area contributed by atoms with Crippen molar-refractivity contribution in [3.8, 4) is 0 Å². The van der Waals surface area contributed by atoms with E-state index in [-0.39, 0.29) is 17.1 Å². The van der Waals surface area contributed by atoms with Crippen LogP contribution in [0.2, 0.25) is 0 Å². The quantitative estimate of drug-likeness (QED) is 0.269. The molecular formula is C21H18N2O5S. The summed E-state index contributed by atoms with van der Waals surface area (Å²) in [5, 5.41) is 15.7. The zero-order valence-corrected chi connectivity index (χ0v) is 16.4. The second kappa shape index (κ2) is 9.20. The number of rotatable bonds is 7. The van der Waals surface area contributed by atoms with Gasteiger partial charge in [-0.3, -0.25) is 19.7 Å². The molecular weight excluding hydrogens is 392 g/mol. The maximum absolute atomic E-state index is 12.0. The number of benzene rings is 3. The van der Waals surface area contributed by atoms with Crippen LogP contribution in [0.3, 0.4) is 0 Å². The van der Waals surface area contributed by atoms with Gasteiger partial charge < -0.3 is 10.1 Å². The van der Waals surface area contributed by atoms with Crippen molar-refractivity contribution in [3.63, 3.8) is 0 Å². The standard InChI is InChI=1S/C21H18N2O5S/c1-14-6-9-18(19(10-14)23(26)27)22-20(24)12-28-21(25)13-29-17-8-7-15-4-2-3-5-16(15)11-17/h2-11H,12-13H2,1H3,(H,22,24). The number of aryl methyl sites for hydroxylation is 1. The van der Waals surface area contributed by atoms with Crippen LogP contribution in [0.4, 0.5) is 11.4 Å². The fraction of sp³-hybridized carbons (Fsp3) is 0.143. The molecule has 0 saturated heterocycles. The smallest absolute Gasteiger partial charge is 0.316 e. The number of carbonyl (C=O) groups excluding carboxylic acids is 2. The summed E-state index contributed by atoms with van der Waals surface area (Å²) >= 11 is 1.31. The van der Waals surface area contributed by atoms with Gasteiger partial charge in [0.25, 0.3) is 11.6 Å². The topological polar surface area (TPSA) is 98.5 Å². The summed E-state index contributed by atoms with van der Waals surface area (Å²) in [6.07, 6.45) is 0. The van der Waals surface area contributed by atoms with Gasteiger partial charge in [0.2, 0.25) is 0 Å². The summed E-state index contributed by atoms with van der Waals surface area (Å²) in [6, 6.07) is 18.2. The molecule has 0 saturated carbocycles. The van der Waals surface area contributed by atoms with Crippen LogP contribution in [0.1, 0.15) is 5.56 Å². The van der Waals surface area contributed by atoms with Gasteiger partial charge in [0.1, 0.15) is 5.69 Å². The zero-order chi connectivity index (χ0) is 20.8. The van der Waals surface area contributed by atoms with E-state index in [4.69, 9.17) is 4.74 Å². The molecule has 0 spiro atoms. The Morgan fingerprint density at radius 2 is 1.83 bits per heavy atom. The average molecular weight is 410 g/mol. The molecule has 0 heterocycles. The largest absolute Gasteiger partial charge is 0.455 e. The lowest BCUT2D eigenvalue weighted by molar-refractivity contribution is -0.384. The minimum atomic E-state index is -0.638. The molecule has 0 unspecified atom stereocenters. The first-order chi connectivity index (χ1) is 13.9. The Kier molecular flexibility index (Phi) is 6.46. The molecule has 1 amide bonds. The van der Waals surface area contributed by atoms with Crippen molar-refractivity contribution in [2.24, 2.45) is 0 Å². The van der Waals surface area contributed by atoms with E-state index in [0.717, 1.165) is 15.7 Å². The molecule has 0 aromatic heterocycles. The summed E-state index contributed by atoms with van der Waals surface area (Å²) in [4.78, 5) is 35.3. The summed E-state index contributed by atoms with van der Waals surface area (Å²) in [5.74, 6) is -1.13. The molecule has 0 aliphatic rings. The molecule has 1 N–H and O–H groups in total. The molecule has 0 radical (unpaired) electrons. The number of esters is 1. The van der Waals surface area contributed by atoms with Gasteiger partial charge in [-0.25, -0.2) is 0 Å². The van der Waals surface area contributed by atoms with Crippen molar-refractivity contribution in [2.75, 3.05) is 17.7 Å². The highest BCUT2D eigenvalue weighted by Gasteiger charge is 2.17. The highest BCUT2D eigenvalue weighted by molar-refractivity contribution is 8.00. The first-order valence-electron chi connectivity index (χ1n) is 8.74. The second-order valence-electron chi connectivity index (χ2n) is 6.28. The fourth-order valence-corrected chi connectivity index (χ4v) is 3.41. The van der Waals surface area contributed by atoms with Crippen LogP contribution < -0.4 is 5.32 Å². The number of hydrogen-bond donors (Lipinski definition) is 1. The Labute approximate surface area is 171 Å². The summed E-state index contributed by atoms with van der Waals surface area (Å²) in [6.45, 7) is 1.20. The Morgan fingerprint density at radius 1 is 1.07 bits per heavy atom. The van der Waals surface area contributed by atoms with Crippen molar-refractivity contribution in [1.82, 2.24) is 0 Å². The summed E-state index contributed by atoms with van der Waals surface area (Å²) in [5.41, 5.74) is 0.551. The van der Waals surface area contributed by atoms with Crippen LogP contribution in [0.25, 0.3) is 10.8 Å². The number of carbonyl (C=O) groups is 2. The Hall–Kier alpha value is -3.39. The fourth-order valence-electron chi connectivity index (χ4n) is 2.67. The third kappa shape index (κ3) is 5.55. The highest BCUT2D eigenvalue weighted by atomic mass is 32.2. The maximum atomic E-state index is 12.0. The van der Waals surface area contributed by atoms with Gasteiger partial charge in [-0.05, 0) is 41.5 Å².